The van der Waals surface area contributed by atoms with Crippen molar-refractivity contribution in [2.24, 2.45) is 4.99 Å². The Hall–Kier alpha value is -2.51. The number of carbonyl (C=O) groups is 1. The van der Waals surface area contributed by atoms with Gasteiger partial charge in [0.2, 0.25) is 0 Å². The van der Waals surface area contributed by atoms with E-state index in [1.54, 1.807) is 20.1 Å². The second-order valence-electron chi connectivity index (χ2n) is 5.69. The van der Waals surface area contributed by atoms with E-state index in [9.17, 15) is 9.90 Å². The maximum atomic E-state index is 12.4. The molecular formula is C21H18BrNO4S. The third-order valence-corrected chi connectivity index (χ3v) is 5.35. The maximum absolute atomic E-state index is 12.4. The number of benzene rings is 2. The van der Waals surface area contributed by atoms with Crippen LogP contribution in [0, 0.1) is 0 Å². The fourth-order valence-corrected chi connectivity index (χ4v) is 3.98. The van der Waals surface area contributed by atoms with Crippen molar-refractivity contribution in [2.75, 3.05) is 13.7 Å². The highest BCUT2D eigenvalue weighted by Gasteiger charge is 2.33. The van der Waals surface area contributed by atoms with Crippen LogP contribution in [0.15, 0.2) is 74.2 Å². The van der Waals surface area contributed by atoms with Gasteiger partial charge in [0, 0.05) is 10.0 Å². The lowest BCUT2D eigenvalue weighted by Crippen LogP contribution is -2.12. The molecule has 1 aliphatic heterocycles. The Kier molecular flexibility index (Phi) is 6.59. The molecule has 0 saturated carbocycles. The molecule has 0 amide bonds. The van der Waals surface area contributed by atoms with Crippen molar-refractivity contribution in [2.45, 2.75) is 6.92 Å². The molecule has 0 aliphatic carbocycles. The fourth-order valence-electron chi connectivity index (χ4n) is 2.57. The van der Waals surface area contributed by atoms with Gasteiger partial charge in [0.1, 0.15) is 22.1 Å². The lowest BCUT2D eigenvalue weighted by Gasteiger charge is -2.06. The Morgan fingerprint density at radius 3 is 2.68 bits per heavy atom. The van der Waals surface area contributed by atoms with Crippen LogP contribution in [0.3, 0.4) is 0 Å². The van der Waals surface area contributed by atoms with E-state index in [1.165, 1.54) is 11.8 Å². The summed E-state index contributed by atoms with van der Waals surface area (Å²) in [5.41, 5.74) is 1.51. The van der Waals surface area contributed by atoms with E-state index in [-0.39, 0.29) is 17.9 Å². The van der Waals surface area contributed by atoms with Crippen LogP contribution in [0.4, 0.5) is 5.69 Å². The van der Waals surface area contributed by atoms with Crippen molar-refractivity contribution in [1.82, 2.24) is 0 Å². The molecule has 0 unspecified atom stereocenters. The molecule has 2 aromatic rings. The molecule has 144 valence electrons. The lowest BCUT2D eigenvalue weighted by molar-refractivity contribution is -0.138. The number of ether oxygens (including phenoxy) is 2. The number of halogens is 1. The number of hydrogen-bond donors (Lipinski definition) is 1. The van der Waals surface area contributed by atoms with Gasteiger partial charge in [0.15, 0.2) is 0 Å². The van der Waals surface area contributed by atoms with Gasteiger partial charge in [-0.1, -0.05) is 45.9 Å². The molecule has 1 heterocycles. The Morgan fingerprint density at radius 2 is 2.00 bits per heavy atom. The SMILES string of the molecule is CCOC(=O)C1=C(O)/C(=C/c2cc(Br)ccc2OC)SC1=Nc1ccccc1. The quantitative estimate of drug-likeness (QED) is 0.584. The number of thioether (sulfide) groups is 1. The molecule has 0 radical (unpaired) electrons. The first-order valence-electron chi connectivity index (χ1n) is 8.51. The van der Waals surface area contributed by atoms with Gasteiger partial charge in [-0.2, -0.15) is 0 Å². The van der Waals surface area contributed by atoms with Gasteiger partial charge in [-0.3, -0.25) is 0 Å². The number of esters is 1. The van der Waals surface area contributed by atoms with E-state index in [1.807, 2.05) is 48.5 Å². The summed E-state index contributed by atoms with van der Waals surface area (Å²) in [6.07, 6.45) is 1.76. The Balaban J connectivity index is 2.08. The average molecular weight is 460 g/mol. The summed E-state index contributed by atoms with van der Waals surface area (Å²) in [6, 6.07) is 14.8. The summed E-state index contributed by atoms with van der Waals surface area (Å²) in [6.45, 7) is 1.92. The smallest absolute Gasteiger partial charge is 0.344 e. The molecule has 2 aromatic carbocycles. The molecule has 7 heteroatoms. The molecule has 1 N–H and O–H groups in total. The Morgan fingerprint density at radius 1 is 1.25 bits per heavy atom. The molecule has 0 bridgehead atoms. The second kappa shape index (κ2) is 9.12. The summed E-state index contributed by atoms with van der Waals surface area (Å²) >= 11 is 4.65. The minimum absolute atomic E-state index is 0.0657. The first-order valence-corrected chi connectivity index (χ1v) is 10.1. The number of methoxy groups -OCH3 is 1. The van der Waals surface area contributed by atoms with Crippen LogP contribution in [0.1, 0.15) is 12.5 Å². The Labute approximate surface area is 175 Å². The zero-order valence-corrected chi connectivity index (χ0v) is 17.7. The van der Waals surface area contributed by atoms with Gasteiger partial charge >= 0.3 is 5.97 Å². The molecule has 0 atom stereocenters. The van der Waals surface area contributed by atoms with Crippen molar-refractivity contribution >= 4 is 50.5 Å². The first kappa shape index (κ1) is 20.2. The van der Waals surface area contributed by atoms with Crippen molar-refractivity contribution in [3.8, 4) is 5.75 Å². The number of carbonyl (C=O) groups excluding carboxylic acids is 1. The van der Waals surface area contributed by atoms with Crippen LogP contribution >= 0.6 is 27.7 Å². The van der Waals surface area contributed by atoms with Gasteiger partial charge in [0.25, 0.3) is 0 Å². The molecule has 0 saturated heterocycles. The summed E-state index contributed by atoms with van der Waals surface area (Å²) in [5.74, 6) is -0.109. The van der Waals surface area contributed by atoms with Gasteiger partial charge < -0.3 is 14.6 Å². The number of rotatable bonds is 5. The van der Waals surface area contributed by atoms with Gasteiger partial charge in [0.05, 0.1) is 24.3 Å². The maximum Gasteiger partial charge on any atom is 0.344 e. The molecular weight excluding hydrogens is 442 g/mol. The zero-order chi connectivity index (χ0) is 20.1. The zero-order valence-electron chi connectivity index (χ0n) is 15.3. The minimum Gasteiger partial charge on any atom is -0.506 e. The largest absolute Gasteiger partial charge is 0.506 e. The van der Waals surface area contributed by atoms with Gasteiger partial charge in [-0.25, -0.2) is 9.79 Å². The summed E-state index contributed by atoms with van der Waals surface area (Å²) in [7, 11) is 1.58. The van der Waals surface area contributed by atoms with E-state index in [0.717, 1.165) is 10.0 Å². The standard InChI is InChI=1S/C21H18BrNO4S/c1-3-27-21(25)18-19(24)17(12-13-11-14(22)9-10-16(13)26-2)28-20(18)23-15-7-5-4-6-8-15/h4-12,24H,3H2,1-2H3/b17-12-,23-20?. The van der Waals surface area contributed by atoms with Crippen LogP contribution in [-0.2, 0) is 9.53 Å². The summed E-state index contributed by atoms with van der Waals surface area (Å²) in [5, 5.41) is 11.1. The Bertz CT molecular complexity index is 983. The third-order valence-electron chi connectivity index (χ3n) is 3.84. The number of para-hydroxylation sites is 1. The van der Waals surface area contributed by atoms with Crippen molar-refractivity contribution in [3.05, 3.63) is 74.8 Å². The van der Waals surface area contributed by atoms with Crippen LogP contribution < -0.4 is 4.74 Å². The minimum atomic E-state index is -0.605. The van der Waals surface area contributed by atoms with Crippen molar-refractivity contribution in [3.63, 3.8) is 0 Å². The van der Waals surface area contributed by atoms with E-state index in [0.29, 0.717) is 21.4 Å². The molecule has 0 spiro atoms. The highest BCUT2D eigenvalue weighted by molar-refractivity contribution is 9.10. The van der Waals surface area contributed by atoms with Crippen LogP contribution in [0.2, 0.25) is 0 Å². The number of aliphatic imine (C=N–C) groups is 1. The van der Waals surface area contributed by atoms with Crippen molar-refractivity contribution < 1.29 is 19.4 Å². The number of aliphatic hydroxyl groups excluding tert-OH is 1. The third kappa shape index (κ3) is 4.48. The van der Waals surface area contributed by atoms with Crippen molar-refractivity contribution in [1.29, 1.82) is 0 Å². The molecule has 5 nitrogen and oxygen atoms in total. The second-order valence-corrected chi connectivity index (χ2v) is 7.64. The van der Waals surface area contributed by atoms with Crippen LogP contribution in [-0.4, -0.2) is 29.8 Å². The van der Waals surface area contributed by atoms with E-state index in [4.69, 9.17) is 9.47 Å². The van der Waals surface area contributed by atoms with E-state index >= 15 is 0 Å². The molecule has 28 heavy (non-hydrogen) atoms. The average Bonchev–Trinajstić information content (AvgIpc) is 2.98. The monoisotopic (exact) mass is 459 g/mol. The van der Waals surface area contributed by atoms with Gasteiger partial charge in [-0.15, -0.1) is 0 Å². The van der Waals surface area contributed by atoms with E-state index < -0.39 is 5.97 Å². The molecule has 3 rings (SSSR count). The fraction of sp³-hybridized carbons (Fsp3) is 0.143. The first-order chi connectivity index (χ1) is 13.5. The summed E-state index contributed by atoms with van der Waals surface area (Å²) in [4.78, 5) is 17.5. The summed E-state index contributed by atoms with van der Waals surface area (Å²) < 4.78 is 11.4. The van der Waals surface area contributed by atoms with Crippen LogP contribution in [0.5, 0.6) is 5.75 Å². The molecule has 1 aliphatic rings. The topological polar surface area (TPSA) is 68.1 Å². The number of aliphatic hydroxyl groups is 1. The van der Waals surface area contributed by atoms with Gasteiger partial charge in [-0.05, 0) is 43.3 Å². The lowest BCUT2D eigenvalue weighted by atomic mass is 10.1. The predicted molar refractivity (Wildman–Crippen MR) is 116 cm³/mol. The highest BCUT2D eigenvalue weighted by Crippen LogP contribution is 2.41. The highest BCUT2D eigenvalue weighted by atomic mass is 79.9. The predicted octanol–water partition coefficient (Wildman–Crippen LogP) is 5.65. The molecule has 0 aromatic heterocycles. The van der Waals surface area contributed by atoms with E-state index in [2.05, 4.69) is 20.9 Å². The normalized spacial score (nSPS) is 16.7. The number of hydrogen-bond acceptors (Lipinski definition) is 6. The molecule has 0 fully saturated rings. The van der Waals surface area contributed by atoms with Crippen LogP contribution in [0.25, 0.3) is 6.08 Å². The number of nitrogens with zero attached hydrogens (tertiary/aromatic N) is 1.